The first-order chi connectivity index (χ1) is 8.27. The van der Waals surface area contributed by atoms with Gasteiger partial charge in [-0.05, 0) is 40.5 Å². The van der Waals surface area contributed by atoms with Gasteiger partial charge in [-0.25, -0.2) is 4.79 Å². The normalized spacial score (nSPS) is 15.3. The summed E-state index contributed by atoms with van der Waals surface area (Å²) in [6, 6.07) is 0.325. The highest BCUT2D eigenvalue weighted by molar-refractivity contribution is 5.77. The van der Waals surface area contributed by atoms with Crippen LogP contribution in [0.15, 0.2) is 0 Å². The third-order valence-corrected chi connectivity index (χ3v) is 3.16. The summed E-state index contributed by atoms with van der Waals surface area (Å²) < 4.78 is 0. The zero-order valence-electron chi connectivity index (χ0n) is 11.8. The summed E-state index contributed by atoms with van der Waals surface area (Å²) in [5.41, 5.74) is -0.352. The number of urea groups is 1. The second-order valence-electron chi connectivity index (χ2n) is 5.77. The highest BCUT2D eigenvalue weighted by Crippen LogP contribution is 2.29. The number of nitrogens with zero attached hydrogens (tertiary/aromatic N) is 2. The van der Waals surface area contributed by atoms with E-state index in [1.54, 1.807) is 4.90 Å². The van der Waals surface area contributed by atoms with Gasteiger partial charge in [0, 0.05) is 24.7 Å². The Kier molecular flexibility index (Phi) is 4.59. The first-order valence-corrected chi connectivity index (χ1v) is 6.57. The molecule has 2 amide bonds. The lowest BCUT2D eigenvalue weighted by atomic mass is 10.1. The summed E-state index contributed by atoms with van der Waals surface area (Å²) in [4.78, 5) is 26.7. The number of carboxylic acid groups (broad SMARTS) is 1. The zero-order valence-corrected chi connectivity index (χ0v) is 11.8. The fourth-order valence-electron chi connectivity index (χ4n) is 2.02. The van der Waals surface area contributed by atoms with E-state index in [4.69, 9.17) is 5.11 Å². The number of hydrogen-bond donors (Lipinski definition) is 1. The third-order valence-electron chi connectivity index (χ3n) is 3.16. The van der Waals surface area contributed by atoms with Gasteiger partial charge in [0.25, 0.3) is 0 Å². The fraction of sp³-hybridized carbons (Fsp3) is 0.846. The van der Waals surface area contributed by atoms with Crippen molar-refractivity contribution in [1.82, 2.24) is 9.80 Å². The smallest absolute Gasteiger partial charge is 0.320 e. The predicted molar refractivity (Wildman–Crippen MR) is 69.5 cm³/mol. The molecule has 5 heteroatoms. The van der Waals surface area contributed by atoms with Crippen LogP contribution >= 0.6 is 0 Å². The van der Waals surface area contributed by atoms with Gasteiger partial charge in [-0.2, -0.15) is 0 Å². The minimum Gasteiger partial charge on any atom is -0.481 e. The van der Waals surface area contributed by atoms with Crippen LogP contribution in [0.5, 0.6) is 0 Å². The molecule has 1 saturated carbocycles. The zero-order chi connectivity index (χ0) is 13.9. The van der Waals surface area contributed by atoms with E-state index in [0.717, 1.165) is 12.8 Å². The Hall–Kier alpha value is -1.26. The Morgan fingerprint density at radius 2 is 1.83 bits per heavy atom. The Bertz CT molecular complexity index is 319. The standard InChI is InChI=1S/C13H24N2O3/c1-5-14(10-6-7-10)12(18)15(13(2,3)4)9-8-11(16)17/h10H,5-9H2,1-4H3,(H,16,17). The molecule has 0 heterocycles. The van der Waals surface area contributed by atoms with Crippen LogP contribution in [0.2, 0.25) is 0 Å². The van der Waals surface area contributed by atoms with Crippen molar-refractivity contribution in [1.29, 1.82) is 0 Å². The molecular weight excluding hydrogens is 232 g/mol. The van der Waals surface area contributed by atoms with Gasteiger partial charge >= 0.3 is 12.0 Å². The van der Waals surface area contributed by atoms with Crippen molar-refractivity contribution in [3.05, 3.63) is 0 Å². The van der Waals surface area contributed by atoms with Crippen molar-refractivity contribution in [2.24, 2.45) is 0 Å². The molecule has 0 aromatic carbocycles. The molecular formula is C13H24N2O3. The quantitative estimate of drug-likeness (QED) is 0.820. The molecule has 1 N–H and O–H groups in total. The van der Waals surface area contributed by atoms with E-state index in [-0.39, 0.29) is 24.5 Å². The Labute approximate surface area is 109 Å². The number of carboxylic acids is 1. The molecule has 1 aliphatic rings. The highest BCUT2D eigenvalue weighted by Gasteiger charge is 2.37. The molecule has 0 radical (unpaired) electrons. The van der Waals surface area contributed by atoms with Crippen LogP contribution in [0.4, 0.5) is 4.79 Å². The fourth-order valence-corrected chi connectivity index (χ4v) is 2.02. The van der Waals surface area contributed by atoms with E-state index in [1.807, 2.05) is 32.6 Å². The van der Waals surface area contributed by atoms with Crippen LogP contribution < -0.4 is 0 Å². The van der Waals surface area contributed by atoms with Crippen LogP contribution in [0.1, 0.15) is 47.0 Å². The molecule has 0 spiro atoms. The summed E-state index contributed by atoms with van der Waals surface area (Å²) in [7, 11) is 0. The van der Waals surface area contributed by atoms with Crippen molar-refractivity contribution < 1.29 is 14.7 Å². The Morgan fingerprint density at radius 1 is 1.28 bits per heavy atom. The van der Waals surface area contributed by atoms with Crippen molar-refractivity contribution in [2.75, 3.05) is 13.1 Å². The molecule has 104 valence electrons. The molecule has 0 aliphatic heterocycles. The maximum absolute atomic E-state index is 12.5. The van der Waals surface area contributed by atoms with Crippen molar-refractivity contribution in [3.8, 4) is 0 Å². The van der Waals surface area contributed by atoms with E-state index < -0.39 is 5.97 Å². The van der Waals surface area contributed by atoms with Crippen LogP contribution in [-0.2, 0) is 4.79 Å². The molecule has 1 rings (SSSR count). The number of amides is 2. The van der Waals surface area contributed by atoms with Gasteiger partial charge in [-0.3, -0.25) is 4.79 Å². The van der Waals surface area contributed by atoms with Crippen molar-refractivity contribution in [2.45, 2.75) is 58.5 Å². The number of rotatable bonds is 5. The van der Waals surface area contributed by atoms with Gasteiger partial charge in [-0.1, -0.05) is 0 Å². The molecule has 0 saturated heterocycles. The minimum absolute atomic E-state index is 0.00870. The monoisotopic (exact) mass is 256 g/mol. The molecule has 0 aromatic rings. The lowest BCUT2D eigenvalue weighted by Gasteiger charge is -2.39. The van der Waals surface area contributed by atoms with E-state index in [0.29, 0.717) is 12.6 Å². The summed E-state index contributed by atoms with van der Waals surface area (Å²) >= 11 is 0. The summed E-state index contributed by atoms with van der Waals surface area (Å²) in [5.74, 6) is -0.869. The third kappa shape index (κ3) is 3.89. The van der Waals surface area contributed by atoms with Crippen LogP contribution in [0.3, 0.4) is 0 Å². The van der Waals surface area contributed by atoms with Crippen molar-refractivity contribution >= 4 is 12.0 Å². The van der Waals surface area contributed by atoms with Crippen LogP contribution in [-0.4, -0.2) is 51.6 Å². The largest absolute Gasteiger partial charge is 0.481 e. The topological polar surface area (TPSA) is 60.9 Å². The lowest BCUT2D eigenvalue weighted by Crippen LogP contribution is -2.53. The molecule has 0 bridgehead atoms. The van der Waals surface area contributed by atoms with E-state index in [1.165, 1.54) is 0 Å². The SMILES string of the molecule is CCN(C(=O)N(CCC(=O)O)C(C)(C)C)C1CC1. The first kappa shape index (κ1) is 14.8. The number of hydrogen-bond acceptors (Lipinski definition) is 2. The van der Waals surface area contributed by atoms with Gasteiger partial charge in [0.2, 0.25) is 0 Å². The molecule has 5 nitrogen and oxygen atoms in total. The second-order valence-corrected chi connectivity index (χ2v) is 5.77. The molecule has 18 heavy (non-hydrogen) atoms. The molecule has 0 unspecified atom stereocenters. The predicted octanol–water partition coefficient (Wildman–Crippen LogP) is 2.17. The van der Waals surface area contributed by atoms with E-state index in [2.05, 4.69) is 0 Å². The van der Waals surface area contributed by atoms with Crippen LogP contribution in [0.25, 0.3) is 0 Å². The molecule has 0 atom stereocenters. The number of aliphatic carboxylic acids is 1. The van der Waals surface area contributed by atoms with Gasteiger partial charge in [0.15, 0.2) is 0 Å². The Balaban J connectivity index is 2.74. The summed E-state index contributed by atoms with van der Waals surface area (Å²) in [6.07, 6.45) is 2.12. The summed E-state index contributed by atoms with van der Waals surface area (Å²) in [5, 5.41) is 8.78. The average Bonchev–Trinajstić information content (AvgIpc) is 3.00. The number of carbonyl (C=O) groups excluding carboxylic acids is 1. The highest BCUT2D eigenvalue weighted by atomic mass is 16.4. The van der Waals surface area contributed by atoms with E-state index >= 15 is 0 Å². The minimum atomic E-state index is -0.869. The van der Waals surface area contributed by atoms with Gasteiger partial charge in [0.1, 0.15) is 0 Å². The number of carbonyl (C=O) groups is 2. The summed E-state index contributed by atoms with van der Waals surface area (Å²) in [6.45, 7) is 8.73. The molecule has 1 aliphatic carbocycles. The van der Waals surface area contributed by atoms with Gasteiger partial charge in [0.05, 0.1) is 6.42 Å². The van der Waals surface area contributed by atoms with Gasteiger partial charge < -0.3 is 14.9 Å². The maximum atomic E-state index is 12.5. The molecule has 1 fully saturated rings. The molecule has 0 aromatic heterocycles. The first-order valence-electron chi connectivity index (χ1n) is 6.57. The van der Waals surface area contributed by atoms with E-state index in [9.17, 15) is 9.59 Å². The maximum Gasteiger partial charge on any atom is 0.320 e. The van der Waals surface area contributed by atoms with Crippen LogP contribution in [0, 0.1) is 0 Å². The van der Waals surface area contributed by atoms with Crippen molar-refractivity contribution in [3.63, 3.8) is 0 Å². The van der Waals surface area contributed by atoms with Gasteiger partial charge in [-0.15, -0.1) is 0 Å². The second kappa shape index (κ2) is 5.59. The lowest BCUT2D eigenvalue weighted by molar-refractivity contribution is -0.137. The Morgan fingerprint density at radius 3 is 2.17 bits per heavy atom. The average molecular weight is 256 g/mol.